The molecule has 29 heavy (non-hydrogen) atoms. The van der Waals surface area contributed by atoms with Crippen molar-refractivity contribution in [3.8, 4) is 0 Å². The van der Waals surface area contributed by atoms with Gasteiger partial charge in [0.15, 0.2) is 0 Å². The van der Waals surface area contributed by atoms with Gasteiger partial charge < -0.3 is 15.5 Å². The van der Waals surface area contributed by atoms with Gasteiger partial charge in [0.05, 0.1) is 13.1 Å². The van der Waals surface area contributed by atoms with Gasteiger partial charge in [-0.1, -0.05) is 0 Å². The number of carbonyl (C=O) groups is 2. The van der Waals surface area contributed by atoms with Crippen LogP contribution < -0.4 is 15.5 Å². The fraction of sp³-hybridized carbons (Fsp3) is 0.364. The van der Waals surface area contributed by atoms with E-state index >= 15 is 0 Å². The van der Waals surface area contributed by atoms with Crippen molar-refractivity contribution in [2.24, 2.45) is 0 Å². The first-order valence-corrected chi connectivity index (χ1v) is 9.88. The van der Waals surface area contributed by atoms with Crippen molar-refractivity contribution in [2.75, 3.05) is 48.8 Å². The quantitative estimate of drug-likeness (QED) is 0.751. The van der Waals surface area contributed by atoms with Gasteiger partial charge in [0.25, 0.3) is 0 Å². The molecule has 1 aliphatic heterocycles. The zero-order chi connectivity index (χ0) is 20.6. The number of rotatable bonds is 7. The number of nitrogens with zero attached hydrogens (tertiary/aromatic N) is 2. The lowest BCUT2D eigenvalue weighted by molar-refractivity contribution is -0.119. The van der Waals surface area contributed by atoms with E-state index in [1.807, 2.05) is 24.3 Å². The van der Waals surface area contributed by atoms with E-state index in [4.69, 9.17) is 0 Å². The number of benzene rings is 2. The molecule has 0 spiro atoms. The van der Waals surface area contributed by atoms with Gasteiger partial charge in [-0.05, 0) is 74.8 Å². The number of hydrogen-bond donors (Lipinski definition) is 2. The molecule has 154 valence electrons. The number of anilines is 3. The SMILES string of the molecule is CN(CC(=O)Nc1ccc(F)cc1)CC(=O)Nc1ccc(N2CCCCC2)cc1. The molecular weight excluding hydrogens is 371 g/mol. The predicted molar refractivity (Wildman–Crippen MR) is 114 cm³/mol. The third-order valence-corrected chi connectivity index (χ3v) is 4.83. The summed E-state index contributed by atoms with van der Waals surface area (Å²) in [7, 11) is 1.70. The second-order valence-electron chi connectivity index (χ2n) is 7.37. The zero-order valence-corrected chi connectivity index (χ0v) is 16.7. The van der Waals surface area contributed by atoms with E-state index in [2.05, 4.69) is 15.5 Å². The van der Waals surface area contributed by atoms with Crippen molar-refractivity contribution in [1.29, 1.82) is 0 Å². The molecule has 1 fully saturated rings. The smallest absolute Gasteiger partial charge is 0.238 e. The molecule has 7 heteroatoms. The standard InChI is InChI=1S/C22H27FN4O2/c1-26(15-21(28)24-18-7-5-17(23)6-8-18)16-22(29)25-19-9-11-20(12-10-19)27-13-3-2-4-14-27/h5-12H,2-4,13-16H2,1H3,(H,24,28)(H,25,29). The first-order chi connectivity index (χ1) is 14.0. The molecule has 0 saturated carbocycles. The highest BCUT2D eigenvalue weighted by molar-refractivity contribution is 5.94. The lowest BCUT2D eigenvalue weighted by atomic mass is 10.1. The average Bonchev–Trinajstić information content (AvgIpc) is 2.70. The second kappa shape index (κ2) is 10.0. The third kappa shape index (κ3) is 6.57. The van der Waals surface area contributed by atoms with E-state index in [0.29, 0.717) is 5.69 Å². The Kier molecular flexibility index (Phi) is 7.19. The molecule has 6 nitrogen and oxygen atoms in total. The van der Waals surface area contributed by atoms with Crippen LogP contribution in [0.5, 0.6) is 0 Å². The van der Waals surface area contributed by atoms with Crippen LogP contribution in [0.4, 0.5) is 21.5 Å². The van der Waals surface area contributed by atoms with E-state index in [9.17, 15) is 14.0 Å². The fourth-order valence-electron chi connectivity index (χ4n) is 3.39. The van der Waals surface area contributed by atoms with Crippen LogP contribution in [0.1, 0.15) is 19.3 Å². The van der Waals surface area contributed by atoms with Gasteiger partial charge in [0.2, 0.25) is 11.8 Å². The van der Waals surface area contributed by atoms with Crippen molar-refractivity contribution >= 4 is 28.9 Å². The molecule has 0 radical (unpaired) electrons. The van der Waals surface area contributed by atoms with E-state index in [1.165, 1.54) is 49.2 Å². The maximum atomic E-state index is 12.9. The Labute approximate surface area is 170 Å². The molecule has 2 aromatic carbocycles. The van der Waals surface area contributed by atoms with E-state index < -0.39 is 0 Å². The lowest BCUT2D eigenvalue weighted by Gasteiger charge is -2.28. The van der Waals surface area contributed by atoms with Crippen LogP contribution >= 0.6 is 0 Å². The molecule has 2 N–H and O–H groups in total. The van der Waals surface area contributed by atoms with Gasteiger partial charge in [0.1, 0.15) is 5.82 Å². The van der Waals surface area contributed by atoms with Crippen LogP contribution in [-0.4, -0.2) is 49.9 Å². The number of likely N-dealkylation sites (N-methyl/N-ethyl adjacent to an activating group) is 1. The summed E-state index contributed by atoms with van der Waals surface area (Å²) in [6.07, 6.45) is 3.74. The highest BCUT2D eigenvalue weighted by atomic mass is 19.1. The second-order valence-corrected chi connectivity index (χ2v) is 7.37. The predicted octanol–water partition coefficient (Wildman–Crippen LogP) is 3.33. The number of halogens is 1. The van der Waals surface area contributed by atoms with E-state index in [0.717, 1.165) is 18.8 Å². The maximum absolute atomic E-state index is 12.9. The average molecular weight is 398 g/mol. The topological polar surface area (TPSA) is 64.7 Å². The van der Waals surface area contributed by atoms with Gasteiger partial charge in [-0.2, -0.15) is 0 Å². The van der Waals surface area contributed by atoms with E-state index in [1.54, 1.807) is 11.9 Å². The molecule has 0 aliphatic carbocycles. The minimum Gasteiger partial charge on any atom is -0.372 e. The zero-order valence-electron chi connectivity index (χ0n) is 16.7. The summed E-state index contributed by atoms with van der Waals surface area (Å²) < 4.78 is 12.9. The fourth-order valence-corrected chi connectivity index (χ4v) is 3.39. The minimum absolute atomic E-state index is 0.0543. The summed E-state index contributed by atoms with van der Waals surface area (Å²) in [5.74, 6) is -0.814. The Morgan fingerprint density at radius 1 is 0.862 bits per heavy atom. The Morgan fingerprint density at radius 3 is 1.86 bits per heavy atom. The minimum atomic E-state index is -0.360. The molecule has 0 bridgehead atoms. The van der Waals surface area contributed by atoms with Crippen LogP contribution in [0.25, 0.3) is 0 Å². The maximum Gasteiger partial charge on any atom is 0.238 e. The number of amides is 2. The largest absolute Gasteiger partial charge is 0.372 e. The van der Waals surface area contributed by atoms with Crippen LogP contribution in [-0.2, 0) is 9.59 Å². The van der Waals surface area contributed by atoms with Crippen LogP contribution in [0.3, 0.4) is 0 Å². The number of nitrogens with one attached hydrogen (secondary N) is 2. The van der Waals surface area contributed by atoms with Gasteiger partial charge in [-0.15, -0.1) is 0 Å². The Morgan fingerprint density at radius 2 is 1.34 bits per heavy atom. The van der Waals surface area contributed by atoms with Crippen molar-refractivity contribution in [3.05, 3.63) is 54.3 Å². The van der Waals surface area contributed by atoms with Gasteiger partial charge in [-0.3, -0.25) is 14.5 Å². The van der Waals surface area contributed by atoms with E-state index in [-0.39, 0.29) is 30.7 Å². The Hall–Kier alpha value is -2.93. The summed E-state index contributed by atoms with van der Waals surface area (Å²) in [5.41, 5.74) is 2.43. The van der Waals surface area contributed by atoms with Crippen molar-refractivity contribution in [3.63, 3.8) is 0 Å². The molecule has 0 aromatic heterocycles. The molecule has 1 aliphatic rings. The summed E-state index contributed by atoms with van der Waals surface area (Å²) in [6, 6.07) is 13.4. The Bertz CT molecular complexity index is 818. The van der Waals surface area contributed by atoms with Crippen LogP contribution in [0.2, 0.25) is 0 Å². The molecule has 1 heterocycles. The summed E-state index contributed by atoms with van der Waals surface area (Å²) in [6.45, 7) is 2.30. The van der Waals surface area contributed by atoms with Crippen LogP contribution in [0.15, 0.2) is 48.5 Å². The lowest BCUT2D eigenvalue weighted by Crippen LogP contribution is -2.36. The molecule has 0 atom stereocenters. The summed E-state index contributed by atoms with van der Waals surface area (Å²) in [5, 5.41) is 5.54. The van der Waals surface area contributed by atoms with Gasteiger partial charge in [0, 0.05) is 30.2 Å². The number of hydrogen-bond acceptors (Lipinski definition) is 4. The number of carbonyl (C=O) groups excluding carboxylic acids is 2. The molecule has 3 rings (SSSR count). The summed E-state index contributed by atoms with van der Waals surface area (Å²) in [4.78, 5) is 28.3. The normalized spacial score (nSPS) is 14.0. The molecule has 2 amide bonds. The first kappa shape index (κ1) is 20.8. The van der Waals surface area contributed by atoms with Gasteiger partial charge >= 0.3 is 0 Å². The first-order valence-electron chi connectivity index (χ1n) is 9.88. The van der Waals surface area contributed by atoms with Gasteiger partial charge in [-0.25, -0.2) is 4.39 Å². The van der Waals surface area contributed by atoms with Crippen LogP contribution in [0, 0.1) is 5.82 Å². The van der Waals surface area contributed by atoms with Crippen molar-refractivity contribution < 1.29 is 14.0 Å². The number of piperidine rings is 1. The molecule has 0 unspecified atom stereocenters. The molecular formula is C22H27FN4O2. The highest BCUT2D eigenvalue weighted by Crippen LogP contribution is 2.21. The Balaban J connectivity index is 1.43. The summed E-state index contributed by atoms with van der Waals surface area (Å²) >= 11 is 0. The molecule has 1 saturated heterocycles. The third-order valence-electron chi connectivity index (χ3n) is 4.83. The van der Waals surface area contributed by atoms with Crippen molar-refractivity contribution in [1.82, 2.24) is 4.90 Å². The highest BCUT2D eigenvalue weighted by Gasteiger charge is 2.13. The van der Waals surface area contributed by atoms with Crippen molar-refractivity contribution in [2.45, 2.75) is 19.3 Å². The molecule has 2 aromatic rings. The monoisotopic (exact) mass is 398 g/mol.